The third-order valence-corrected chi connectivity index (χ3v) is 3.20. The van der Waals surface area contributed by atoms with E-state index in [-0.39, 0.29) is 11.1 Å². The van der Waals surface area contributed by atoms with Crippen molar-refractivity contribution in [3.63, 3.8) is 0 Å². The van der Waals surface area contributed by atoms with Gasteiger partial charge in [0.15, 0.2) is 5.88 Å². The highest BCUT2D eigenvalue weighted by Gasteiger charge is 2.42. The first-order valence-electron chi connectivity index (χ1n) is 5.59. The van der Waals surface area contributed by atoms with Crippen LogP contribution in [0.3, 0.4) is 0 Å². The highest BCUT2D eigenvalue weighted by molar-refractivity contribution is 5.39. The van der Waals surface area contributed by atoms with Gasteiger partial charge in [-0.05, 0) is 6.07 Å². The molecule has 102 valence electrons. The Bertz CT molecular complexity index is 579. The SMILES string of the molecule is N#Cc1cc([C@@H]2N[C@H](CO)[C@@H](O)[C@H]2O)c(O)[nH]c1=O. The number of nitrogens with zero attached hydrogens (tertiary/aromatic N) is 1. The van der Waals surface area contributed by atoms with Gasteiger partial charge >= 0.3 is 0 Å². The number of hydrogen-bond donors (Lipinski definition) is 6. The van der Waals surface area contributed by atoms with E-state index < -0.39 is 42.3 Å². The predicted octanol–water partition coefficient (Wildman–Crippen LogP) is -2.32. The van der Waals surface area contributed by atoms with Gasteiger partial charge in [-0.25, -0.2) is 0 Å². The van der Waals surface area contributed by atoms with Crippen LogP contribution in [0, 0.1) is 11.3 Å². The normalized spacial score (nSPS) is 30.2. The fraction of sp³-hybridized carbons (Fsp3) is 0.455. The van der Waals surface area contributed by atoms with Crippen molar-refractivity contribution >= 4 is 0 Å². The number of aromatic amines is 1. The van der Waals surface area contributed by atoms with Crippen LogP contribution in [-0.2, 0) is 0 Å². The lowest BCUT2D eigenvalue weighted by molar-refractivity contribution is 0.0192. The Morgan fingerprint density at radius 3 is 2.58 bits per heavy atom. The van der Waals surface area contributed by atoms with Gasteiger partial charge in [-0.2, -0.15) is 5.26 Å². The fourth-order valence-corrected chi connectivity index (χ4v) is 2.15. The van der Waals surface area contributed by atoms with Crippen molar-refractivity contribution in [2.75, 3.05) is 6.61 Å². The van der Waals surface area contributed by atoms with Gasteiger partial charge in [0.2, 0.25) is 0 Å². The van der Waals surface area contributed by atoms with Crippen molar-refractivity contribution < 1.29 is 20.4 Å². The summed E-state index contributed by atoms with van der Waals surface area (Å²) in [6.07, 6.45) is -2.49. The molecule has 0 saturated carbocycles. The number of pyridine rings is 1. The van der Waals surface area contributed by atoms with Crippen LogP contribution in [0.5, 0.6) is 5.88 Å². The molecule has 8 nitrogen and oxygen atoms in total. The van der Waals surface area contributed by atoms with Gasteiger partial charge in [-0.1, -0.05) is 0 Å². The number of H-pyrrole nitrogens is 1. The number of hydrogen-bond acceptors (Lipinski definition) is 7. The Kier molecular flexibility index (Phi) is 3.55. The number of nitrogens with one attached hydrogen (secondary N) is 2. The van der Waals surface area contributed by atoms with E-state index in [4.69, 9.17) is 10.4 Å². The second-order valence-electron chi connectivity index (χ2n) is 4.34. The minimum absolute atomic E-state index is 0.0821. The molecule has 4 atom stereocenters. The molecule has 1 aliphatic heterocycles. The number of aromatic nitrogens is 1. The highest BCUT2D eigenvalue weighted by Crippen LogP contribution is 2.31. The molecule has 0 radical (unpaired) electrons. The summed E-state index contributed by atoms with van der Waals surface area (Å²) in [5.74, 6) is -0.494. The Hall–Kier alpha value is -1.92. The Morgan fingerprint density at radius 2 is 2.05 bits per heavy atom. The number of aliphatic hydroxyl groups excluding tert-OH is 3. The predicted molar refractivity (Wildman–Crippen MR) is 62.2 cm³/mol. The van der Waals surface area contributed by atoms with Gasteiger partial charge < -0.3 is 25.7 Å². The van der Waals surface area contributed by atoms with Crippen LogP contribution in [0.2, 0.25) is 0 Å². The molecular formula is C11H13N3O5. The molecule has 1 saturated heterocycles. The van der Waals surface area contributed by atoms with Crippen LogP contribution < -0.4 is 10.9 Å². The lowest BCUT2D eigenvalue weighted by atomic mass is 10.0. The van der Waals surface area contributed by atoms with Crippen LogP contribution >= 0.6 is 0 Å². The third kappa shape index (κ3) is 2.20. The Labute approximate surface area is 107 Å². The van der Waals surface area contributed by atoms with Crippen LogP contribution in [0.1, 0.15) is 17.2 Å². The van der Waals surface area contributed by atoms with Crippen LogP contribution in [0.4, 0.5) is 0 Å². The first-order valence-corrected chi connectivity index (χ1v) is 5.59. The average molecular weight is 267 g/mol. The summed E-state index contributed by atoms with van der Waals surface area (Å²) in [6.45, 7) is -0.399. The van der Waals surface area contributed by atoms with E-state index in [0.717, 1.165) is 6.07 Å². The summed E-state index contributed by atoms with van der Waals surface area (Å²) >= 11 is 0. The summed E-state index contributed by atoms with van der Waals surface area (Å²) < 4.78 is 0. The van der Waals surface area contributed by atoms with Gasteiger partial charge in [-0.15, -0.1) is 0 Å². The maximum absolute atomic E-state index is 11.3. The zero-order valence-corrected chi connectivity index (χ0v) is 9.74. The van der Waals surface area contributed by atoms with Crippen molar-refractivity contribution in [1.82, 2.24) is 10.3 Å². The topological polar surface area (TPSA) is 150 Å². The van der Waals surface area contributed by atoms with Crippen LogP contribution in [0.25, 0.3) is 0 Å². The summed E-state index contributed by atoms with van der Waals surface area (Å²) in [5.41, 5.74) is -0.877. The van der Waals surface area contributed by atoms with E-state index in [9.17, 15) is 20.1 Å². The molecule has 1 aromatic heterocycles. The third-order valence-electron chi connectivity index (χ3n) is 3.20. The molecular weight excluding hydrogens is 254 g/mol. The molecule has 0 aromatic carbocycles. The minimum atomic E-state index is -1.28. The molecule has 8 heteroatoms. The van der Waals surface area contributed by atoms with Gasteiger partial charge in [0.1, 0.15) is 17.7 Å². The van der Waals surface area contributed by atoms with Crippen molar-refractivity contribution in [3.05, 3.63) is 27.5 Å². The molecule has 19 heavy (non-hydrogen) atoms. The smallest absolute Gasteiger partial charge is 0.268 e. The average Bonchev–Trinajstić information content (AvgIpc) is 2.67. The molecule has 1 aromatic rings. The largest absolute Gasteiger partial charge is 0.494 e. The second kappa shape index (κ2) is 4.99. The van der Waals surface area contributed by atoms with E-state index in [1.807, 2.05) is 0 Å². The lowest BCUT2D eigenvalue weighted by Gasteiger charge is -2.17. The Morgan fingerprint density at radius 1 is 1.37 bits per heavy atom. The number of rotatable bonds is 2. The van der Waals surface area contributed by atoms with Crippen LogP contribution in [0.15, 0.2) is 10.9 Å². The summed E-state index contributed by atoms with van der Waals surface area (Å²) in [5, 5.41) is 49.7. The van der Waals surface area contributed by atoms with Gasteiger partial charge in [0.05, 0.1) is 24.8 Å². The monoisotopic (exact) mass is 267 g/mol. The molecule has 2 heterocycles. The number of nitriles is 1. The highest BCUT2D eigenvalue weighted by atomic mass is 16.3. The minimum Gasteiger partial charge on any atom is -0.494 e. The zero-order valence-electron chi connectivity index (χ0n) is 9.74. The maximum Gasteiger partial charge on any atom is 0.268 e. The molecule has 0 unspecified atom stereocenters. The van der Waals surface area contributed by atoms with E-state index in [1.165, 1.54) is 0 Å². The molecule has 0 spiro atoms. The maximum atomic E-state index is 11.3. The zero-order chi connectivity index (χ0) is 14.2. The van der Waals surface area contributed by atoms with E-state index >= 15 is 0 Å². The molecule has 0 amide bonds. The summed E-state index contributed by atoms with van der Waals surface area (Å²) in [6, 6.07) is 1.16. The number of aliphatic hydroxyl groups is 3. The molecule has 6 N–H and O–H groups in total. The molecule has 0 aliphatic carbocycles. The molecule has 1 fully saturated rings. The quantitative estimate of drug-likeness (QED) is 0.352. The lowest BCUT2D eigenvalue weighted by Crippen LogP contribution is -2.35. The first-order chi connectivity index (χ1) is 8.99. The van der Waals surface area contributed by atoms with Gasteiger partial charge in [0, 0.05) is 5.56 Å². The van der Waals surface area contributed by atoms with Gasteiger partial charge in [-0.3, -0.25) is 9.78 Å². The van der Waals surface area contributed by atoms with E-state index in [2.05, 4.69) is 10.3 Å². The van der Waals surface area contributed by atoms with Gasteiger partial charge in [0.25, 0.3) is 5.56 Å². The second-order valence-corrected chi connectivity index (χ2v) is 4.34. The van der Waals surface area contributed by atoms with Crippen molar-refractivity contribution in [2.45, 2.75) is 24.3 Å². The number of aromatic hydroxyl groups is 1. The summed E-state index contributed by atoms with van der Waals surface area (Å²) in [7, 11) is 0. The van der Waals surface area contributed by atoms with E-state index in [1.54, 1.807) is 6.07 Å². The molecule has 1 aliphatic rings. The summed E-state index contributed by atoms with van der Waals surface area (Å²) in [4.78, 5) is 13.4. The van der Waals surface area contributed by atoms with Crippen molar-refractivity contribution in [1.29, 1.82) is 5.26 Å². The Balaban J connectivity index is 2.43. The van der Waals surface area contributed by atoms with Crippen molar-refractivity contribution in [3.8, 4) is 11.9 Å². The molecule has 2 rings (SSSR count). The first kappa shape index (κ1) is 13.5. The van der Waals surface area contributed by atoms with E-state index in [0.29, 0.717) is 0 Å². The fourth-order valence-electron chi connectivity index (χ4n) is 2.15. The standard InChI is InChI=1S/C11H13N3O5/c12-2-4-1-5(11(19)14-10(4)18)7-9(17)8(16)6(3-15)13-7/h1,6-9,13,15-17H,3H2,(H2,14,18,19)/t6-,7+,8-,9+/m1/s1. The van der Waals surface area contributed by atoms with Crippen LogP contribution in [-0.4, -0.2) is 50.3 Å². The van der Waals surface area contributed by atoms with Crippen molar-refractivity contribution in [2.24, 2.45) is 0 Å². The molecule has 0 bridgehead atoms.